The van der Waals surface area contributed by atoms with Gasteiger partial charge >= 0.3 is 6.18 Å². The quantitative estimate of drug-likeness (QED) is 0.431. The Balaban J connectivity index is 1.59. The first-order valence-corrected chi connectivity index (χ1v) is 12.5. The molecule has 0 saturated heterocycles. The lowest BCUT2D eigenvalue weighted by Gasteiger charge is -2.45. The summed E-state index contributed by atoms with van der Waals surface area (Å²) in [5.74, 6) is -0.239. The molecule has 9 heteroatoms. The maximum absolute atomic E-state index is 13.8. The smallest absolute Gasteiger partial charge is 0.416 e. The molecule has 2 amide bonds. The van der Waals surface area contributed by atoms with Gasteiger partial charge in [0.15, 0.2) is 11.5 Å². The van der Waals surface area contributed by atoms with Gasteiger partial charge in [-0.15, -0.1) is 0 Å². The van der Waals surface area contributed by atoms with Crippen molar-refractivity contribution in [1.29, 1.82) is 0 Å². The van der Waals surface area contributed by atoms with Crippen LogP contribution in [0.1, 0.15) is 58.4 Å². The summed E-state index contributed by atoms with van der Waals surface area (Å²) in [7, 11) is 0. The predicted octanol–water partition coefficient (Wildman–Crippen LogP) is 5.98. The first-order valence-electron chi connectivity index (χ1n) is 12.5. The number of hydrogen-bond donors (Lipinski definition) is 1. The van der Waals surface area contributed by atoms with Crippen LogP contribution in [0.15, 0.2) is 60.7 Å². The minimum absolute atomic E-state index is 0.165. The molecule has 0 bridgehead atoms. The second kappa shape index (κ2) is 10.0. The number of alkyl halides is 3. The van der Waals surface area contributed by atoms with Crippen LogP contribution in [0.5, 0.6) is 11.5 Å². The van der Waals surface area contributed by atoms with E-state index in [9.17, 15) is 22.8 Å². The van der Waals surface area contributed by atoms with E-state index >= 15 is 0 Å². The van der Waals surface area contributed by atoms with Crippen LogP contribution in [0.3, 0.4) is 0 Å². The van der Waals surface area contributed by atoms with E-state index in [1.54, 1.807) is 29.2 Å². The molecule has 0 aromatic heterocycles. The molecule has 3 aromatic rings. The fourth-order valence-corrected chi connectivity index (χ4v) is 5.32. The van der Waals surface area contributed by atoms with Crippen LogP contribution < -0.4 is 14.8 Å². The van der Waals surface area contributed by atoms with E-state index in [1.807, 2.05) is 26.0 Å². The van der Waals surface area contributed by atoms with Crippen LogP contribution in [-0.2, 0) is 17.4 Å². The number of rotatable bonds is 6. The topological polar surface area (TPSA) is 67.9 Å². The van der Waals surface area contributed by atoms with E-state index in [1.165, 1.54) is 12.1 Å². The number of nitrogens with zero attached hydrogens (tertiary/aromatic N) is 1. The number of benzene rings is 3. The van der Waals surface area contributed by atoms with Gasteiger partial charge in [-0.25, -0.2) is 0 Å². The van der Waals surface area contributed by atoms with Crippen molar-refractivity contribution in [2.24, 2.45) is 0 Å². The summed E-state index contributed by atoms with van der Waals surface area (Å²) in [5, 5.41) is 2.78. The van der Waals surface area contributed by atoms with Crippen molar-refractivity contribution in [1.82, 2.24) is 4.90 Å². The SMILES string of the molecule is CCOc1cc2c(cc1OCC)[C@@H]1[C@@H](C(=O)Nc3ccc(C(F)(F)F)cc3)c3ccccc3C(=O)N1CC2. The molecule has 2 heterocycles. The lowest BCUT2D eigenvalue weighted by molar-refractivity contribution is -0.137. The average Bonchev–Trinajstić information content (AvgIpc) is 2.89. The molecule has 2 aliphatic rings. The maximum atomic E-state index is 13.8. The van der Waals surface area contributed by atoms with E-state index in [0.717, 1.165) is 23.3 Å². The molecule has 1 N–H and O–H groups in total. The van der Waals surface area contributed by atoms with Crippen molar-refractivity contribution in [2.45, 2.75) is 38.4 Å². The first-order chi connectivity index (χ1) is 18.2. The van der Waals surface area contributed by atoms with Crippen LogP contribution in [0.4, 0.5) is 18.9 Å². The molecule has 38 heavy (non-hydrogen) atoms. The number of fused-ring (bicyclic) bond motifs is 4. The molecule has 2 atom stereocenters. The van der Waals surface area contributed by atoms with Crippen LogP contribution in [0.2, 0.25) is 0 Å². The van der Waals surface area contributed by atoms with Crippen molar-refractivity contribution in [3.8, 4) is 11.5 Å². The Hall–Kier alpha value is -4.01. The molecule has 198 valence electrons. The highest BCUT2D eigenvalue weighted by molar-refractivity contribution is 6.04. The Kier molecular flexibility index (Phi) is 6.77. The Bertz CT molecular complexity index is 1370. The normalized spacial score (nSPS) is 18.2. The van der Waals surface area contributed by atoms with E-state index < -0.39 is 29.6 Å². The van der Waals surface area contributed by atoms with Crippen molar-refractivity contribution in [3.05, 3.63) is 88.5 Å². The summed E-state index contributed by atoms with van der Waals surface area (Å²) in [6, 6.07) is 14.4. The Morgan fingerprint density at radius 3 is 2.29 bits per heavy atom. The number of anilines is 1. The molecule has 0 spiro atoms. The highest BCUT2D eigenvalue weighted by atomic mass is 19.4. The van der Waals surface area contributed by atoms with Gasteiger partial charge in [0.2, 0.25) is 5.91 Å². The molecule has 0 saturated carbocycles. The standard InChI is InChI=1S/C29H27F3N2O4/c1-3-37-23-15-17-13-14-34-26(22(17)16-24(23)38-4-2)25(20-7-5-6-8-21(20)28(34)36)27(35)33-19-11-9-18(10-12-19)29(30,31)32/h5-12,15-16,25-26H,3-4,13-14H2,1-2H3,(H,33,35)/t25-,26+/m0/s1. The van der Waals surface area contributed by atoms with Crippen molar-refractivity contribution >= 4 is 17.5 Å². The molecule has 3 aromatic carbocycles. The van der Waals surface area contributed by atoms with Gasteiger partial charge in [0, 0.05) is 17.8 Å². The number of carbonyl (C=O) groups is 2. The molecule has 5 rings (SSSR count). The van der Waals surface area contributed by atoms with Gasteiger partial charge in [-0.2, -0.15) is 13.2 Å². The van der Waals surface area contributed by atoms with Gasteiger partial charge in [0.25, 0.3) is 5.91 Å². The molecular weight excluding hydrogens is 497 g/mol. The fraction of sp³-hybridized carbons (Fsp3) is 0.310. The van der Waals surface area contributed by atoms with Gasteiger partial charge < -0.3 is 19.7 Å². The number of hydrogen-bond acceptors (Lipinski definition) is 4. The van der Waals surface area contributed by atoms with Gasteiger partial charge in [-0.3, -0.25) is 9.59 Å². The number of ether oxygens (including phenoxy) is 2. The highest BCUT2D eigenvalue weighted by Crippen LogP contribution is 2.48. The summed E-state index contributed by atoms with van der Waals surface area (Å²) in [5.41, 5.74) is 2.20. The summed E-state index contributed by atoms with van der Waals surface area (Å²) in [6.07, 6.45) is -3.89. The zero-order valence-electron chi connectivity index (χ0n) is 21.0. The molecule has 0 unspecified atom stereocenters. The van der Waals surface area contributed by atoms with Gasteiger partial charge in [0.1, 0.15) is 0 Å². The number of carbonyl (C=O) groups excluding carboxylic acids is 2. The zero-order chi connectivity index (χ0) is 27.0. The lowest BCUT2D eigenvalue weighted by Crippen LogP contribution is -2.49. The molecule has 0 aliphatic carbocycles. The summed E-state index contributed by atoms with van der Waals surface area (Å²) < 4.78 is 50.7. The number of nitrogens with one attached hydrogen (secondary N) is 1. The molecular formula is C29H27F3N2O4. The third kappa shape index (κ3) is 4.57. The maximum Gasteiger partial charge on any atom is 0.416 e. The lowest BCUT2D eigenvalue weighted by atomic mass is 9.75. The van der Waals surface area contributed by atoms with Crippen molar-refractivity contribution in [3.63, 3.8) is 0 Å². The third-order valence-corrected chi connectivity index (χ3v) is 6.95. The van der Waals surface area contributed by atoms with E-state index in [4.69, 9.17) is 9.47 Å². The predicted molar refractivity (Wildman–Crippen MR) is 136 cm³/mol. The van der Waals surface area contributed by atoms with Crippen LogP contribution >= 0.6 is 0 Å². The summed E-state index contributed by atoms with van der Waals surface area (Å²) in [4.78, 5) is 29.1. The zero-order valence-corrected chi connectivity index (χ0v) is 21.0. The molecule has 0 radical (unpaired) electrons. The van der Waals surface area contributed by atoms with Crippen LogP contribution in [0, 0.1) is 0 Å². The third-order valence-electron chi connectivity index (χ3n) is 6.95. The summed E-state index contributed by atoms with van der Waals surface area (Å²) in [6.45, 7) is 5.02. The van der Waals surface area contributed by atoms with Gasteiger partial charge in [-0.05, 0) is 79.4 Å². The Labute approximate surface area is 218 Å². The monoisotopic (exact) mass is 524 g/mol. The number of halogens is 3. The van der Waals surface area contributed by atoms with Crippen LogP contribution in [-0.4, -0.2) is 36.5 Å². The molecule has 0 fully saturated rings. The minimum atomic E-state index is -4.48. The molecule has 2 aliphatic heterocycles. The number of amides is 2. The second-order valence-corrected chi connectivity index (χ2v) is 9.19. The largest absolute Gasteiger partial charge is 0.490 e. The highest BCUT2D eigenvalue weighted by Gasteiger charge is 2.46. The van der Waals surface area contributed by atoms with E-state index in [0.29, 0.717) is 48.8 Å². The molecule has 6 nitrogen and oxygen atoms in total. The fourth-order valence-electron chi connectivity index (χ4n) is 5.32. The van der Waals surface area contributed by atoms with Gasteiger partial charge in [-0.1, -0.05) is 18.2 Å². The van der Waals surface area contributed by atoms with Gasteiger partial charge in [0.05, 0.1) is 30.7 Å². The summed E-state index contributed by atoms with van der Waals surface area (Å²) >= 11 is 0. The van der Waals surface area contributed by atoms with E-state index in [-0.39, 0.29) is 11.6 Å². The Morgan fingerprint density at radius 1 is 0.974 bits per heavy atom. The van der Waals surface area contributed by atoms with E-state index in [2.05, 4.69) is 5.32 Å². The minimum Gasteiger partial charge on any atom is -0.490 e. The van der Waals surface area contributed by atoms with Crippen LogP contribution in [0.25, 0.3) is 0 Å². The first kappa shape index (κ1) is 25.6. The average molecular weight is 525 g/mol. The second-order valence-electron chi connectivity index (χ2n) is 9.19. The Morgan fingerprint density at radius 2 is 1.63 bits per heavy atom. The van der Waals surface area contributed by atoms with Crippen molar-refractivity contribution in [2.75, 3.05) is 25.1 Å². The van der Waals surface area contributed by atoms with Crippen molar-refractivity contribution < 1.29 is 32.2 Å².